The van der Waals surface area contributed by atoms with Crippen molar-refractivity contribution in [3.8, 4) is 0 Å². The van der Waals surface area contributed by atoms with Crippen molar-refractivity contribution in [1.29, 1.82) is 0 Å². The van der Waals surface area contributed by atoms with Gasteiger partial charge in [0.05, 0.1) is 6.54 Å². The maximum atomic E-state index is 12.9. The van der Waals surface area contributed by atoms with Crippen LogP contribution in [0.15, 0.2) is 24.3 Å². The molecular weight excluding hydrogens is 265 g/mol. The highest BCUT2D eigenvalue weighted by molar-refractivity contribution is 5.31. The summed E-state index contributed by atoms with van der Waals surface area (Å²) in [7, 11) is 0. The van der Waals surface area contributed by atoms with E-state index in [0.717, 1.165) is 43.5 Å². The molecule has 5 heteroatoms. The fourth-order valence-electron chi connectivity index (χ4n) is 3.09. The fourth-order valence-corrected chi connectivity index (χ4v) is 3.09. The molecule has 1 fully saturated rings. The van der Waals surface area contributed by atoms with E-state index < -0.39 is 12.7 Å². The number of hydrogen-bond acceptors (Lipinski definition) is 2. The summed E-state index contributed by atoms with van der Waals surface area (Å²) in [6.45, 7) is 0.717. The number of hydrogen-bond donors (Lipinski definition) is 1. The summed E-state index contributed by atoms with van der Waals surface area (Å²) >= 11 is 0. The van der Waals surface area contributed by atoms with Gasteiger partial charge in [-0.3, -0.25) is 4.90 Å². The van der Waals surface area contributed by atoms with Gasteiger partial charge < -0.3 is 5.32 Å². The molecule has 1 aliphatic carbocycles. The molecule has 0 saturated heterocycles. The molecule has 0 bridgehead atoms. The molecule has 2 nitrogen and oxygen atoms in total. The van der Waals surface area contributed by atoms with Gasteiger partial charge in [-0.15, -0.1) is 0 Å². The number of rotatable bonds is 3. The van der Waals surface area contributed by atoms with Gasteiger partial charge >= 0.3 is 6.18 Å². The Morgan fingerprint density at radius 3 is 2.60 bits per heavy atom. The largest absolute Gasteiger partial charge is 0.401 e. The highest BCUT2D eigenvalue weighted by Crippen LogP contribution is 2.39. The molecular formula is C15H19F3N2. The van der Waals surface area contributed by atoms with E-state index in [-0.39, 0.29) is 12.1 Å². The molecule has 1 saturated carbocycles. The second-order valence-electron chi connectivity index (χ2n) is 5.70. The van der Waals surface area contributed by atoms with Crippen LogP contribution in [0.25, 0.3) is 0 Å². The first-order valence-electron chi connectivity index (χ1n) is 7.15. The third kappa shape index (κ3) is 3.15. The second kappa shape index (κ2) is 5.37. The Labute approximate surface area is 117 Å². The lowest BCUT2D eigenvalue weighted by Crippen LogP contribution is -2.39. The van der Waals surface area contributed by atoms with E-state index in [4.69, 9.17) is 0 Å². The van der Waals surface area contributed by atoms with Crippen molar-refractivity contribution in [2.45, 2.75) is 44.1 Å². The van der Waals surface area contributed by atoms with E-state index in [1.165, 1.54) is 0 Å². The molecule has 2 aliphatic rings. The van der Waals surface area contributed by atoms with Gasteiger partial charge in [-0.1, -0.05) is 24.3 Å². The lowest BCUT2D eigenvalue weighted by molar-refractivity contribution is -0.153. The maximum Gasteiger partial charge on any atom is 0.401 e. The van der Waals surface area contributed by atoms with Crippen molar-refractivity contribution in [3.05, 3.63) is 35.4 Å². The fraction of sp³-hybridized carbons (Fsp3) is 0.600. The monoisotopic (exact) mass is 284 g/mol. The molecule has 0 aromatic heterocycles. The van der Waals surface area contributed by atoms with E-state index in [2.05, 4.69) is 5.32 Å². The molecule has 1 N–H and O–H groups in total. The second-order valence-corrected chi connectivity index (χ2v) is 5.70. The number of benzene rings is 1. The summed E-state index contributed by atoms with van der Waals surface area (Å²) in [5.41, 5.74) is 2.19. The van der Waals surface area contributed by atoms with Crippen LogP contribution in [-0.4, -0.2) is 30.2 Å². The van der Waals surface area contributed by atoms with Crippen LogP contribution in [0, 0.1) is 0 Å². The minimum Gasteiger partial charge on any atom is -0.313 e. The SMILES string of the molecule is FC(F)(F)CN(C1CC1)C1CCNCc2ccccc21. The molecule has 0 radical (unpaired) electrons. The van der Waals surface area contributed by atoms with Crippen LogP contribution in [0.1, 0.15) is 36.4 Å². The Kier molecular flexibility index (Phi) is 3.73. The van der Waals surface area contributed by atoms with Crippen molar-refractivity contribution in [3.63, 3.8) is 0 Å². The Balaban J connectivity index is 1.90. The zero-order chi connectivity index (χ0) is 14.2. The minimum absolute atomic E-state index is 0.104. The number of halogens is 3. The molecule has 1 unspecified atom stereocenters. The van der Waals surface area contributed by atoms with Gasteiger partial charge in [0.2, 0.25) is 0 Å². The summed E-state index contributed by atoms with van der Waals surface area (Å²) in [6.07, 6.45) is -1.61. The van der Waals surface area contributed by atoms with Gasteiger partial charge in [-0.05, 0) is 36.9 Å². The lowest BCUT2D eigenvalue weighted by Gasteiger charge is -2.33. The first kappa shape index (κ1) is 13.9. The molecule has 0 amide bonds. The molecule has 1 aliphatic heterocycles. The standard InChI is InChI=1S/C15H19F3N2/c16-15(17,18)10-20(12-5-6-12)14-7-8-19-9-11-3-1-2-4-13(11)14/h1-4,12,14,19H,5-10H2. The number of nitrogens with zero attached hydrogens (tertiary/aromatic N) is 1. The average molecular weight is 284 g/mol. The Bertz CT molecular complexity index is 468. The Hall–Kier alpha value is -1.07. The molecule has 1 atom stereocenters. The van der Waals surface area contributed by atoms with Gasteiger partial charge in [-0.25, -0.2) is 0 Å². The normalized spacial score (nSPS) is 23.5. The quantitative estimate of drug-likeness (QED) is 0.916. The molecule has 3 rings (SSSR count). The van der Waals surface area contributed by atoms with E-state index in [1.54, 1.807) is 4.90 Å². The first-order chi connectivity index (χ1) is 9.54. The molecule has 20 heavy (non-hydrogen) atoms. The van der Waals surface area contributed by atoms with E-state index >= 15 is 0 Å². The molecule has 1 heterocycles. The Morgan fingerprint density at radius 1 is 1.15 bits per heavy atom. The van der Waals surface area contributed by atoms with Crippen molar-refractivity contribution in [1.82, 2.24) is 10.2 Å². The highest BCUT2D eigenvalue weighted by Gasteiger charge is 2.42. The average Bonchev–Trinajstić information content (AvgIpc) is 3.22. The highest BCUT2D eigenvalue weighted by atomic mass is 19.4. The van der Waals surface area contributed by atoms with Crippen LogP contribution in [0.4, 0.5) is 13.2 Å². The zero-order valence-electron chi connectivity index (χ0n) is 11.3. The summed E-state index contributed by atoms with van der Waals surface area (Å²) in [6, 6.07) is 7.87. The van der Waals surface area contributed by atoms with E-state index in [1.807, 2.05) is 24.3 Å². The minimum atomic E-state index is -4.13. The van der Waals surface area contributed by atoms with Gasteiger partial charge in [0.15, 0.2) is 0 Å². The smallest absolute Gasteiger partial charge is 0.313 e. The summed E-state index contributed by atoms with van der Waals surface area (Å²) in [5.74, 6) is 0. The lowest BCUT2D eigenvalue weighted by atomic mass is 9.97. The summed E-state index contributed by atoms with van der Waals surface area (Å²) < 4.78 is 38.6. The summed E-state index contributed by atoms with van der Waals surface area (Å²) in [4.78, 5) is 1.67. The van der Waals surface area contributed by atoms with Gasteiger partial charge in [0, 0.05) is 18.6 Å². The number of nitrogens with one attached hydrogen (secondary N) is 1. The van der Waals surface area contributed by atoms with Crippen LogP contribution >= 0.6 is 0 Å². The topological polar surface area (TPSA) is 15.3 Å². The van der Waals surface area contributed by atoms with Gasteiger partial charge in [0.25, 0.3) is 0 Å². The molecule has 110 valence electrons. The predicted octanol–water partition coefficient (Wildman–Crippen LogP) is 3.25. The molecule has 0 spiro atoms. The molecule has 1 aromatic rings. The van der Waals surface area contributed by atoms with E-state index in [9.17, 15) is 13.2 Å². The number of alkyl halides is 3. The zero-order valence-corrected chi connectivity index (χ0v) is 11.3. The summed E-state index contributed by atoms with van der Waals surface area (Å²) in [5, 5.41) is 3.30. The van der Waals surface area contributed by atoms with Crippen LogP contribution in [-0.2, 0) is 6.54 Å². The van der Waals surface area contributed by atoms with Crippen molar-refractivity contribution >= 4 is 0 Å². The van der Waals surface area contributed by atoms with Crippen molar-refractivity contribution in [2.24, 2.45) is 0 Å². The van der Waals surface area contributed by atoms with Crippen LogP contribution in [0.5, 0.6) is 0 Å². The maximum absolute atomic E-state index is 12.9. The van der Waals surface area contributed by atoms with Gasteiger partial charge in [-0.2, -0.15) is 13.2 Å². The first-order valence-corrected chi connectivity index (χ1v) is 7.15. The van der Waals surface area contributed by atoms with E-state index in [0.29, 0.717) is 0 Å². The molecule has 1 aromatic carbocycles. The third-order valence-corrected chi connectivity index (χ3v) is 4.10. The van der Waals surface area contributed by atoms with Crippen molar-refractivity contribution in [2.75, 3.05) is 13.1 Å². The number of fused-ring (bicyclic) bond motifs is 1. The van der Waals surface area contributed by atoms with Crippen LogP contribution in [0.2, 0.25) is 0 Å². The van der Waals surface area contributed by atoms with Gasteiger partial charge in [0.1, 0.15) is 0 Å². The van der Waals surface area contributed by atoms with Crippen LogP contribution < -0.4 is 5.32 Å². The van der Waals surface area contributed by atoms with Crippen molar-refractivity contribution < 1.29 is 13.2 Å². The Morgan fingerprint density at radius 2 is 1.90 bits per heavy atom. The predicted molar refractivity (Wildman–Crippen MR) is 71.3 cm³/mol. The van der Waals surface area contributed by atoms with Crippen LogP contribution in [0.3, 0.4) is 0 Å². The third-order valence-electron chi connectivity index (χ3n) is 4.10.